The average Bonchev–Trinajstić information content (AvgIpc) is 2.30. The molecule has 0 unspecified atom stereocenters. The molecule has 2 heterocycles. The summed E-state index contributed by atoms with van der Waals surface area (Å²) < 4.78 is 0. The molecule has 0 saturated carbocycles. The van der Waals surface area contributed by atoms with Crippen LogP contribution in [0, 0.1) is 0 Å². The van der Waals surface area contributed by atoms with Crippen molar-refractivity contribution in [3.63, 3.8) is 0 Å². The summed E-state index contributed by atoms with van der Waals surface area (Å²) >= 11 is 0. The van der Waals surface area contributed by atoms with E-state index >= 15 is 0 Å². The number of hydrogen-bond donors (Lipinski definition) is 0. The lowest BCUT2D eigenvalue weighted by molar-refractivity contribution is 0.218. The van der Waals surface area contributed by atoms with Crippen molar-refractivity contribution in [1.82, 2.24) is 9.88 Å². The van der Waals surface area contributed by atoms with E-state index in [2.05, 4.69) is 36.9 Å². The maximum Gasteiger partial charge on any atom is 0.0547 e. The molecule has 1 fully saturated rings. The normalized spacial score (nSPS) is 17.9. The van der Waals surface area contributed by atoms with Crippen molar-refractivity contribution < 1.29 is 0 Å². The molecular formula is C14H22N2. The van der Waals surface area contributed by atoms with E-state index in [0.29, 0.717) is 5.92 Å². The molecule has 1 aliphatic rings. The number of piperidine rings is 1. The number of aromatic nitrogens is 1. The highest BCUT2D eigenvalue weighted by Crippen LogP contribution is 2.15. The molecule has 88 valence electrons. The Bertz CT molecular complexity index is 327. The molecule has 1 aromatic heterocycles. The summed E-state index contributed by atoms with van der Waals surface area (Å²) in [6, 6.07) is 6.42. The first-order valence-electron chi connectivity index (χ1n) is 6.44. The minimum absolute atomic E-state index is 0.529. The first-order valence-corrected chi connectivity index (χ1v) is 6.44. The zero-order valence-corrected chi connectivity index (χ0v) is 10.4. The number of nitrogens with zero attached hydrogens (tertiary/aromatic N) is 2. The van der Waals surface area contributed by atoms with Crippen molar-refractivity contribution in [2.75, 3.05) is 13.1 Å². The van der Waals surface area contributed by atoms with Crippen molar-refractivity contribution in [2.24, 2.45) is 0 Å². The molecule has 1 aromatic rings. The van der Waals surface area contributed by atoms with Gasteiger partial charge in [-0.3, -0.25) is 9.88 Å². The summed E-state index contributed by atoms with van der Waals surface area (Å²) in [7, 11) is 0. The summed E-state index contributed by atoms with van der Waals surface area (Å²) in [6.45, 7) is 7.92. The first-order chi connectivity index (χ1) is 7.75. The Morgan fingerprint density at radius 2 is 1.94 bits per heavy atom. The van der Waals surface area contributed by atoms with E-state index in [0.717, 1.165) is 6.54 Å². The molecule has 0 N–H and O–H groups in total. The maximum absolute atomic E-state index is 4.72. The molecule has 16 heavy (non-hydrogen) atoms. The van der Waals surface area contributed by atoms with Crippen molar-refractivity contribution in [3.8, 4) is 0 Å². The summed E-state index contributed by atoms with van der Waals surface area (Å²) in [5, 5.41) is 0. The van der Waals surface area contributed by atoms with Crippen LogP contribution in [0.15, 0.2) is 18.2 Å². The molecule has 0 aliphatic carbocycles. The Morgan fingerprint density at radius 1 is 1.19 bits per heavy atom. The van der Waals surface area contributed by atoms with Crippen LogP contribution in [0.4, 0.5) is 0 Å². The summed E-state index contributed by atoms with van der Waals surface area (Å²) in [4.78, 5) is 7.25. The number of pyridine rings is 1. The van der Waals surface area contributed by atoms with Gasteiger partial charge in [-0.05, 0) is 44.0 Å². The van der Waals surface area contributed by atoms with Crippen LogP contribution in [0.5, 0.6) is 0 Å². The van der Waals surface area contributed by atoms with Crippen molar-refractivity contribution in [1.29, 1.82) is 0 Å². The third-order valence-electron chi connectivity index (χ3n) is 3.25. The van der Waals surface area contributed by atoms with Gasteiger partial charge in [-0.15, -0.1) is 0 Å². The van der Waals surface area contributed by atoms with Crippen LogP contribution in [0.3, 0.4) is 0 Å². The van der Waals surface area contributed by atoms with E-state index < -0.39 is 0 Å². The summed E-state index contributed by atoms with van der Waals surface area (Å²) in [5.41, 5.74) is 2.45. The van der Waals surface area contributed by atoms with Gasteiger partial charge in [0.05, 0.1) is 5.69 Å². The zero-order chi connectivity index (χ0) is 11.4. The van der Waals surface area contributed by atoms with Crippen LogP contribution in [0.1, 0.15) is 50.4 Å². The molecule has 0 radical (unpaired) electrons. The summed E-state index contributed by atoms with van der Waals surface area (Å²) in [5.74, 6) is 0.529. The van der Waals surface area contributed by atoms with E-state index in [1.165, 1.54) is 43.7 Å². The van der Waals surface area contributed by atoms with Gasteiger partial charge >= 0.3 is 0 Å². The van der Waals surface area contributed by atoms with Crippen molar-refractivity contribution in [2.45, 2.75) is 45.6 Å². The fraction of sp³-hybridized carbons (Fsp3) is 0.643. The molecule has 1 aliphatic heterocycles. The Labute approximate surface area is 98.7 Å². The molecule has 1 saturated heterocycles. The fourth-order valence-electron chi connectivity index (χ4n) is 2.25. The second-order valence-corrected chi connectivity index (χ2v) is 5.05. The zero-order valence-electron chi connectivity index (χ0n) is 10.4. The van der Waals surface area contributed by atoms with Gasteiger partial charge in [-0.25, -0.2) is 0 Å². The fourth-order valence-corrected chi connectivity index (χ4v) is 2.25. The molecule has 0 aromatic carbocycles. The quantitative estimate of drug-likeness (QED) is 0.774. The average molecular weight is 218 g/mol. The first kappa shape index (κ1) is 11.6. The van der Waals surface area contributed by atoms with Gasteiger partial charge in [0, 0.05) is 12.2 Å². The van der Waals surface area contributed by atoms with E-state index in [4.69, 9.17) is 4.98 Å². The van der Waals surface area contributed by atoms with Gasteiger partial charge in [0.15, 0.2) is 0 Å². The Hall–Kier alpha value is -0.890. The van der Waals surface area contributed by atoms with Crippen molar-refractivity contribution >= 4 is 0 Å². The second-order valence-electron chi connectivity index (χ2n) is 5.05. The van der Waals surface area contributed by atoms with E-state index in [1.54, 1.807) is 0 Å². The predicted octanol–water partition coefficient (Wildman–Crippen LogP) is 3.19. The predicted molar refractivity (Wildman–Crippen MR) is 67.5 cm³/mol. The van der Waals surface area contributed by atoms with Crippen LogP contribution in [0.25, 0.3) is 0 Å². The van der Waals surface area contributed by atoms with Gasteiger partial charge < -0.3 is 0 Å². The minimum atomic E-state index is 0.529. The van der Waals surface area contributed by atoms with E-state index in [9.17, 15) is 0 Å². The Morgan fingerprint density at radius 3 is 2.62 bits per heavy atom. The smallest absolute Gasteiger partial charge is 0.0547 e. The highest BCUT2D eigenvalue weighted by molar-refractivity contribution is 5.13. The maximum atomic E-state index is 4.72. The molecule has 0 amide bonds. The van der Waals surface area contributed by atoms with Crippen LogP contribution in [-0.4, -0.2) is 23.0 Å². The van der Waals surface area contributed by atoms with Crippen LogP contribution < -0.4 is 0 Å². The molecular weight excluding hydrogens is 196 g/mol. The summed E-state index contributed by atoms with van der Waals surface area (Å²) in [6.07, 6.45) is 4.10. The lowest BCUT2D eigenvalue weighted by Crippen LogP contribution is -2.29. The van der Waals surface area contributed by atoms with Gasteiger partial charge in [0.2, 0.25) is 0 Å². The van der Waals surface area contributed by atoms with Gasteiger partial charge in [-0.2, -0.15) is 0 Å². The highest BCUT2D eigenvalue weighted by Gasteiger charge is 2.11. The molecule has 2 nitrogen and oxygen atoms in total. The second kappa shape index (κ2) is 5.44. The Balaban J connectivity index is 2.00. The topological polar surface area (TPSA) is 16.1 Å². The van der Waals surface area contributed by atoms with E-state index in [-0.39, 0.29) is 0 Å². The largest absolute Gasteiger partial charge is 0.298 e. The molecule has 2 rings (SSSR count). The highest BCUT2D eigenvalue weighted by atomic mass is 15.1. The lowest BCUT2D eigenvalue weighted by atomic mass is 10.1. The van der Waals surface area contributed by atoms with Gasteiger partial charge in [-0.1, -0.05) is 26.3 Å². The van der Waals surface area contributed by atoms with Crippen LogP contribution in [0.2, 0.25) is 0 Å². The van der Waals surface area contributed by atoms with E-state index in [1.807, 2.05) is 0 Å². The monoisotopic (exact) mass is 218 g/mol. The van der Waals surface area contributed by atoms with Crippen molar-refractivity contribution in [3.05, 3.63) is 29.6 Å². The standard InChI is InChI=1S/C14H22N2/c1-12(2)14-8-6-7-13(15-14)11-16-9-4-3-5-10-16/h6-8,12H,3-5,9-11H2,1-2H3. The number of rotatable bonds is 3. The van der Waals surface area contributed by atoms with Crippen LogP contribution >= 0.6 is 0 Å². The number of hydrogen-bond acceptors (Lipinski definition) is 2. The SMILES string of the molecule is CC(C)c1cccc(CN2CCCCC2)n1. The minimum Gasteiger partial charge on any atom is -0.298 e. The van der Waals surface area contributed by atoms with Gasteiger partial charge in [0.1, 0.15) is 0 Å². The Kier molecular flexibility index (Phi) is 3.94. The third kappa shape index (κ3) is 3.05. The van der Waals surface area contributed by atoms with Gasteiger partial charge in [0.25, 0.3) is 0 Å². The number of likely N-dealkylation sites (tertiary alicyclic amines) is 1. The molecule has 0 atom stereocenters. The lowest BCUT2D eigenvalue weighted by Gasteiger charge is -2.26. The molecule has 0 spiro atoms. The molecule has 2 heteroatoms. The third-order valence-corrected chi connectivity index (χ3v) is 3.25. The van der Waals surface area contributed by atoms with Crippen LogP contribution in [-0.2, 0) is 6.54 Å². The molecule has 0 bridgehead atoms.